The molecule has 118 valence electrons. The predicted octanol–water partition coefficient (Wildman–Crippen LogP) is 1.96. The summed E-state index contributed by atoms with van der Waals surface area (Å²) in [5, 5.41) is 0. The van der Waals surface area contributed by atoms with Crippen LogP contribution in [0.4, 0.5) is 18.9 Å². The van der Waals surface area contributed by atoms with Gasteiger partial charge in [-0.05, 0) is 39.5 Å². The van der Waals surface area contributed by atoms with Crippen LogP contribution in [0.3, 0.4) is 0 Å². The van der Waals surface area contributed by atoms with Gasteiger partial charge in [-0.25, -0.2) is 9.78 Å². The topological polar surface area (TPSA) is 68.5 Å². The summed E-state index contributed by atoms with van der Waals surface area (Å²) in [6.45, 7) is 0.608. The molecule has 1 heterocycles. The van der Waals surface area contributed by atoms with Gasteiger partial charge in [-0.1, -0.05) is 0 Å². The monoisotopic (exact) mass is 305 g/mol. The first-order chi connectivity index (χ1) is 9.66. The third kappa shape index (κ3) is 4.59. The van der Waals surface area contributed by atoms with Crippen LogP contribution in [0.25, 0.3) is 0 Å². The van der Waals surface area contributed by atoms with Crippen LogP contribution in [0.15, 0.2) is 6.07 Å². The van der Waals surface area contributed by atoms with Crippen molar-refractivity contribution in [3.8, 4) is 0 Å². The average Bonchev–Trinajstić information content (AvgIpc) is 2.37. The molecule has 0 amide bonds. The van der Waals surface area contributed by atoms with Crippen LogP contribution in [0.5, 0.6) is 0 Å². The molecule has 0 saturated carbocycles. The molecule has 0 saturated heterocycles. The molecule has 0 aromatic carbocycles. The fourth-order valence-corrected chi connectivity index (χ4v) is 1.83. The molecule has 0 aliphatic carbocycles. The largest absolute Gasteiger partial charge is 0.464 e. The second-order valence-corrected chi connectivity index (χ2v) is 4.82. The Labute approximate surface area is 120 Å². The Balaban J connectivity index is 3.18. The fraction of sp³-hybridized carbons (Fsp3) is 0.538. The second-order valence-electron chi connectivity index (χ2n) is 4.82. The molecule has 1 aromatic heterocycles. The maximum absolute atomic E-state index is 13.0. The highest BCUT2D eigenvalue weighted by Gasteiger charge is 2.35. The minimum atomic E-state index is -4.57. The zero-order valence-electron chi connectivity index (χ0n) is 12.1. The Morgan fingerprint density at radius 2 is 2.05 bits per heavy atom. The molecule has 2 N–H and O–H groups in total. The third-order valence-electron chi connectivity index (χ3n) is 2.83. The lowest BCUT2D eigenvalue weighted by Gasteiger charge is -2.15. The molecule has 0 unspecified atom stereocenters. The summed E-state index contributed by atoms with van der Waals surface area (Å²) in [4.78, 5) is 17.1. The zero-order valence-corrected chi connectivity index (χ0v) is 12.1. The molecule has 0 bridgehead atoms. The Morgan fingerprint density at radius 1 is 1.43 bits per heavy atom. The summed E-state index contributed by atoms with van der Waals surface area (Å²) in [6, 6.07) is 0.740. The number of carbonyl (C=O) groups is 1. The highest BCUT2D eigenvalue weighted by atomic mass is 19.4. The molecular weight excluding hydrogens is 287 g/mol. The van der Waals surface area contributed by atoms with Gasteiger partial charge < -0.3 is 15.4 Å². The first kappa shape index (κ1) is 17.2. The van der Waals surface area contributed by atoms with Crippen molar-refractivity contribution in [2.24, 2.45) is 0 Å². The minimum Gasteiger partial charge on any atom is -0.464 e. The molecular formula is C13H18F3N3O2. The van der Waals surface area contributed by atoms with E-state index < -0.39 is 17.7 Å². The number of esters is 1. The zero-order chi connectivity index (χ0) is 16.2. The lowest BCUT2D eigenvalue weighted by molar-refractivity contribution is -0.138. The van der Waals surface area contributed by atoms with Crippen molar-refractivity contribution in [2.75, 3.05) is 33.5 Å². The maximum Gasteiger partial charge on any atom is 0.418 e. The number of carbonyl (C=O) groups excluding carboxylic acids is 1. The highest BCUT2D eigenvalue weighted by Crippen LogP contribution is 2.34. The van der Waals surface area contributed by atoms with Crippen molar-refractivity contribution in [1.82, 2.24) is 9.88 Å². The van der Waals surface area contributed by atoms with Crippen LogP contribution in [0, 0.1) is 0 Å². The molecule has 0 aliphatic heterocycles. The number of aryl methyl sites for hydroxylation is 1. The highest BCUT2D eigenvalue weighted by molar-refractivity contribution is 5.93. The Morgan fingerprint density at radius 3 is 2.52 bits per heavy atom. The smallest absolute Gasteiger partial charge is 0.418 e. The van der Waals surface area contributed by atoms with Gasteiger partial charge in [0.15, 0.2) is 5.69 Å². The minimum absolute atomic E-state index is 0.0945. The number of hydrogen-bond donors (Lipinski definition) is 1. The van der Waals surface area contributed by atoms with Crippen LogP contribution < -0.4 is 5.73 Å². The number of rotatable bonds is 5. The standard InChI is InChI=1S/C13H18F3N3O2/c1-19(2)6-4-5-10-8(13(14,15)16)7-9(17)11(18-10)12(20)21-3/h7H,4-6,17H2,1-3H3. The van der Waals surface area contributed by atoms with Gasteiger partial charge in [0.05, 0.1) is 24.1 Å². The van der Waals surface area contributed by atoms with Crippen molar-refractivity contribution >= 4 is 11.7 Å². The van der Waals surface area contributed by atoms with Gasteiger partial charge in [0.2, 0.25) is 0 Å². The average molecular weight is 305 g/mol. The second kappa shape index (κ2) is 6.75. The Bertz CT molecular complexity index is 516. The number of methoxy groups -OCH3 is 1. The van der Waals surface area contributed by atoms with E-state index in [1.807, 2.05) is 19.0 Å². The quantitative estimate of drug-likeness (QED) is 0.842. The van der Waals surface area contributed by atoms with E-state index >= 15 is 0 Å². The van der Waals surface area contributed by atoms with Crippen molar-refractivity contribution < 1.29 is 22.7 Å². The van der Waals surface area contributed by atoms with Gasteiger partial charge in [-0.15, -0.1) is 0 Å². The lowest BCUT2D eigenvalue weighted by Crippen LogP contribution is -2.19. The van der Waals surface area contributed by atoms with Crippen molar-refractivity contribution in [1.29, 1.82) is 0 Å². The third-order valence-corrected chi connectivity index (χ3v) is 2.83. The van der Waals surface area contributed by atoms with Gasteiger partial charge in [0.1, 0.15) is 0 Å². The van der Waals surface area contributed by atoms with Crippen molar-refractivity contribution in [3.05, 3.63) is 23.0 Å². The molecule has 0 atom stereocenters. The number of nitrogens with zero attached hydrogens (tertiary/aromatic N) is 2. The molecule has 0 aliphatic rings. The number of anilines is 1. The van der Waals surface area contributed by atoms with E-state index in [4.69, 9.17) is 5.73 Å². The summed E-state index contributed by atoms with van der Waals surface area (Å²) in [5.41, 5.74) is 3.73. The Kier molecular flexibility index (Phi) is 5.54. The van der Waals surface area contributed by atoms with E-state index in [0.29, 0.717) is 13.0 Å². The van der Waals surface area contributed by atoms with Crippen LogP contribution in [0.2, 0.25) is 0 Å². The normalized spacial score (nSPS) is 11.8. The maximum atomic E-state index is 13.0. The van der Waals surface area contributed by atoms with Gasteiger partial charge >= 0.3 is 12.1 Å². The Hall–Kier alpha value is -1.83. The van der Waals surface area contributed by atoms with E-state index in [2.05, 4.69) is 9.72 Å². The first-order valence-electron chi connectivity index (χ1n) is 6.26. The number of halogens is 3. The summed E-state index contributed by atoms with van der Waals surface area (Å²) in [6.07, 6.45) is -3.99. The first-order valence-corrected chi connectivity index (χ1v) is 6.26. The van der Waals surface area contributed by atoms with Crippen molar-refractivity contribution in [2.45, 2.75) is 19.0 Å². The molecule has 21 heavy (non-hydrogen) atoms. The summed E-state index contributed by atoms with van der Waals surface area (Å²) in [7, 11) is 4.76. The molecule has 1 rings (SSSR count). The number of ether oxygens (including phenoxy) is 1. The number of aromatic nitrogens is 1. The number of nitrogen functional groups attached to an aromatic ring is 1. The molecule has 8 heteroatoms. The number of alkyl halides is 3. The van der Waals surface area contributed by atoms with Crippen LogP contribution in [0.1, 0.15) is 28.2 Å². The molecule has 1 aromatic rings. The summed E-state index contributed by atoms with van der Waals surface area (Å²) < 4.78 is 43.5. The fourth-order valence-electron chi connectivity index (χ4n) is 1.83. The van der Waals surface area contributed by atoms with Gasteiger partial charge in [0.25, 0.3) is 0 Å². The van der Waals surface area contributed by atoms with Crippen LogP contribution >= 0.6 is 0 Å². The molecule has 0 fully saturated rings. The van der Waals surface area contributed by atoms with E-state index in [9.17, 15) is 18.0 Å². The van der Waals surface area contributed by atoms with E-state index in [0.717, 1.165) is 13.2 Å². The number of pyridine rings is 1. The number of hydrogen-bond acceptors (Lipinski definition) is 5. The summed E-state index contributed by atoms with van der Waals surface area (Å²) >= 11 is 0. The van der Waals surface area contributed by atoms with Gasteiger partial charge in [0, 0.05) is 0 Å². The predicted molar refractivity (Wildman–Crippen MR) is 71.9 cm³/mol. The number of nitrogens with two attached hydrogens (primary N) is 1. The van der Waals surface area contributed by atoms with E-state index in [-0.39, 0.29) is 23.5 Å². The van der Waals surface area contributed by atoms with Crippen LogP contribution in [-0.4, -0.2) is 43.6 Å². The SMILES string of the molecule is COC(=O)c1nc(CCCN(C)C)c(C(F)(F)F)cc1N. The van der Waals surface area contributed by atoms with Crippen molar-refractivity contribution in [3.63, 3.8) is 0 Å². The summed E-state index contributed by atoms with van der Waals surface area (Å²) in [5.74, 6) is -0.852. The van der Waals surface area contributed by atoms with E-state index in [1.165, 1.54) is 0 Å². The van der Waals surface area contributed by atoms with Gasteiger partial charge in [-0.2, -0.15) is 13.2 Å². The van der Waals surface area contributed by atoms with Crippen LogP contribution in [-0.2, 0) is 17.3 Å². The molecule has 0 radical (unpaired) electrons. The van der Waals surface area contributed by atoms with Gasteiger partial charge in [-0.3, -0.25) is 0 Å². The molecule has 0 spiro atoms. The molecule has 5 nitrogen and oxygen atoms in total. The van der Waals surface area contributed by atoms with E-state index in [1.54, 1.807) is 0 Å². The lowest BCUT2D eigenvalue weighted by atomic mass is 10.1.